The zero-order valence-electron chi connectivity index (χ0n) is 13.6. The predicted octanol–water partition coefficient (Wildman–Crippen LogP) is 4.48. The maximum Gasteiger partial charge on any atom is 0.0400 e. The molecule has 2 aromatic rings. The fourth-order valence-electron chi connectivity index (χ4n) is 2.32. The molecule has 0 bridgehead atoms. The van der Waals surface area contributed by atoms with Gasteiger partial charge in [0.25, 0.3) is 0 Å². The van der Waals surface area contributed by atoms with E-state index in [4.69, 9.17) is 0 Å². The normalized spacial score (nSPS) is 11.1. The van der Waals surface area contributed by atoms with Crippen molar-refractivity contribution in [2.45, 2.75) is 32.9 Å². The average Bonchev–Trinajstić information content (AvgIpc) is 2.46. The molecule has 0 saturated carbocycles. The van der Waals surface area contributed by atoms with E-state index in [9.17, 15) is 0 Å². The lowest BCUT2D eigenvalue weighted by Gasteiger charge is -2.11. The third kappa shape index (κ3) is 4.91. The van der Waals surface area contributed by atoms with Crippen LogP contribution in [0.4, 0.5) is 5.69 Å². The van der Waals surface area contributed by atoms with Crippen LogP contribution in [0.1, 0.15) is 36.5 Å². The van der Waals surface area contributed by atoms with Gasteiger partial charge in [-0.15, -0.1) is 0 Å². The summed E-state index contributed by atoms with van der Waals surface area (Å²) in [5, 5.41) is 3.48. The van der Waals surface area contributed by atoms with Gasteiger partial charge in [0, 0.05) is 18.8 Å². The van der Waals surface area contributed by atoms with Crippen molar-refractivity contribution in [1.29, 1.82) is 0 Å². The van der Waals surface area contributed by atoms with Crippen LogP contribution < -0.4 is 5.32 Å². The lowest BCUT2D eigenvalue weighted by atomic mass is 10.0. The third-order valence-electron chi connectivity index (χ3n) is 3.60. The molecule has 0 atom stereocenters. The Balaban J connectivity index is 1.90. The molecule has 0 fully saturated rings. The fourth-order valence-corrected chi connectivity index (χ4v) is 2.32. The number of hydrogen-bond acceptors (Lipinski definition) is 2. The second-order valence-corrected chi connectivity index (χ2v) is 6.18. The van der Waals surface area contributed by atoms with E-state index in [1.165, 1.54) is 22.4 Å². The van der Waals surface area contributed by atoms with Crippen LogP contribution in [-0.2, 0) is 13.1 Å². The van der Waals surface area contributed by atoms with E-state index in [1.807, 2.05) is 0 Å². The van der Waals surface area contributed by atoms with Crippen molar-refractivity contribution in [2.75, 3.05) is 19.4 Å². The number of hydrogen-bond donors (Lipinski definition) is 1. The van der Waals surface area contributed by atoms with Crippen molar-refractivity contribution in [1.82, 2.24) is 4.90 Å². The summed E-state index contributed by atoms with van der Waals surface area (Å²) in [6.07, 6.45) is 0. The highest BCUT2D eigenvalue weighted by molar-refractivity contribution is 5.45. The fraction of sp³-hybridized carbons (Fsp3) is 0.368. The van der Waals surface area contributed by atoms with Crippen LogP contribution in [-0.4, -0.2) is 19.0 Å². The molecule has 0 unspecified atom stereocenters. The van der Waals surface area contributed by atoms with Crippen LogP contribution in [0.25, 0.3) is 0 Å². The summed E-state index contributed by atoms with van der Waals surface area (Å²) in [6.45, 7) is 6.30. The van der Waals surface area contributed by atoms with Gasteiger partial charge >= 0.3 is 0 Å². The molecule has 2 aromatic carbocycles. The SMILES string of the molecule is CC(C)c1ccc(CNc2ccc(CN(C)C)cc2)cc1. The molecule has 0 radical (unpaired) electrons. The van der Waals surface area contributed by atoms with Crippen molar-refractivity contribution in [3.63, 3.8) is 0 Å². The number of nitrogens with zero attached hydrogens (tertiary/aromatic N) is 1. The van der Waals surface area contributed by atoms with Crippen LogP contribution in [0, 0.1) is 0 Å². The Morgan fingerprint density at radius 1 is 0.857 bits per heavy atom. The largest absolute Gasteiger partial charge is 0.381 e. The quantitative estimate of drug-likeness (QED) is 0.840. The van der Waals surface area contributed by atoms with Gasteiger partial charge in [-0.2, -0.15) is 0 Å². The van der Waals surface area contributed by atoms with E-state index < -0.39 is 0 Å². The smallest absolute Gasteiger partial charge is 0.0400 e. The highest BCUT2D eigenvalue weighted by Crippen LogP contribution is 2.16. The minimum Gasteiger partial charge on any atom is -0.381 e. The van der Waals surface area contributed by atoms with Gasteiger partial charge < -0.3 is 10.2 Å². The highest BCUT2D eigenvalue weighted by atomic mass is 15.0. The molecule has 0 aliphatic carbocycles. The second-order valence-electron chi connectivity index (χ2n) is 6.18. The van der Waals surface area contributed by atoms with E-state index in [0.29, 0.717) is 5.92 Å². The Bertz CT molecular complexity index is 539. The molecule has 0 saturated heterocycles. The topological polar surface area (TPSA) is 15.3 Å². The maximum atomic E-state index is 3.48. The zero-order valence-corrected chi connectivity index (χ0v) is 13.6. The summed E-state index contributed by atoms with van der Waals surface area (Å²) in [7, 11) is 4.18. The Morgan fingerprint density at radius 3 is 1.95 bits per heavy atom. The third-order valence-corrected chi connectivity index (χ3v) is 3.60. The molecule has 0 aliphatic heterocycles. The summed E-state index contributed by atoms with van der Waals surface area (Å²) in [4.78, 5) is 2.18. The summed E-state index contributed by atoms with van der Waals surface area (Å²) in [6, 6.07) is 17.5. The minimum atomic E-state index is 0.594. The average molecular weight is 282 g/mol. The first-order chi connectivity index (χ1) is 10.0. The van der Waals surface area contributed by atoms with Crippen LogP contribution in [0.15, 0.2) is 48.5 Å². The number of anilines is 1. The molecule has 112 valence electrons. The molecule has 0 amide bonds. The van der Waals surface area contributed by atoms with Crippen LogP contribution in [0.2, 0.25) is 0 Å². The zero-order chi connectivity index (χ0) is 15.2. The summed E-state index contributed by atoms with van der Waals surface area (Å²) in [5.74, 6) is 0.594. The summed E-state index contributed by atoms with van der Waals surface area (Å²) < 4.78 is 0. The van der Waals surface area contributed by atoms with Gasteiger partial charge in [-0.05, 0) is 48.8 Å². The Morgan fingerprint density at radius 2 is 1.43 bits per heavy atom. The van der Waals surface area contributed by atoms with E-state index in [-0.39, 0.29) is 0 Å². The first kappa shape index (κ1) is 15.6. The van der Waals surface area contributed by atoms with Crippen molar-refractivity contribution < 1.29 is 0 Å². The van der Waals surface area contributed by atoms with Gasteiger partial charge in [0.05, 0.1) is 0 Å². The van der Waals surface area contributed by atoms with Crippen LogP contribution in [0.3, 0.4) is 0 Å². The lowest BCUT2D eigenvalue weighted by Crippen LogP contribution is -2.10. The second kappa shape index (κ2) is 7.28. The lowest BCUT2D eigenvalue weighted by molar-refractivity contribution is 0.402. The molecule has 0 spiro atoms. The van der Waals surface area contributed by atoms with Crippen molar-refractivity contribution >= 4 is 5.69 Å². The molecule has 2 heteroatoms. The molecule has 21 heavy (non-hydrogen) atoms. The number of rotatable bonds is 6. The molecule has 0 aromatic heterocycles. The van der Waals surface area contributed by atoms with E-state index >= 15 is 0 Å². The van der Waals surface area contributed by atoms with E-state index in [0.717, 1.165) is 13.1 Å². The number of nitrogens with one attached hydrogen (secondary N) is 1. The first-order valence-corrected chi connectivity index (χ1v) is 7.61. The first-order valence-electron chi connectivity index (χ1n) is 7.61. The molecular formula is C19H26N2. The molecule has 2 nitrogen and oxygen atoms in total. The molecule has 2 rings (SSSR count). The number of benzene rings is 2. The van der Waals surface area contributed by atoms with Crippen LogP contribution in [0.5, 0.6) is 0 Å². The van der Waals surface area contributed by atoms with Crippen molar-refractivity contribution in [2.24, 2.45) is 0 Å². The molecule has 1 N–H and O–H groups in total. The van der Waals surface area contributed by atoms with Gasteiger partial charge in [-0.1, -0.05) is 50.2 Å². The molecular weight excluding hydrogens is 256 g/mol. The van der Waals surface area contributed by atoms with Gasteiger partial charge in [0.2, 0.25) is 0 Å². The monoisotopic (exact) mass is 282 g/mol. The van der Waals surface area contributed by atoms with Crippen molar-refractivity contribution in [3.8, 4) is 0 Å². The summed E-state index contributed by atoms with van der Waals surface area (Å²) in [5.41, 5.74) is 5.22. The van der Waals surface area contributed by atoms with E-state index in [1.54, 1.807) is 0 Å². The summed E-state index contributed by atoms with van der Waals surface area (Å²) >= 11 is 0. The van der Waals surface area contributed by atoms with Gasteiger partial charge in [0.15, 0.2) is 0 Å². The van der Waals surface area contributed by atoms with Gasteiger partial charge in [-0.3, -0.25) is 0 Å². The van der Waals surface area contributed by atoms with Gasteiger partial charge in [0.1, 0.15) is 0 Å². The van der Waals surface area contributed by atoms with Crippen molar-refractivity contribution in [3.05, 3.63) is 65.2 Å². The Labute approximate surface area is 128 Å². The Hall–Kier alpha value is -1.80. The molecule has 0 heterocycles. The van der Waals surface area contributed by atoms with Crippen LogP contribution >= 0.6 is 0 Å². The molecule has 0 aliphatic rings. The predicted molar refractivity (Wildman–Crippen MR) is 91.7 cm³/mol. The highest BCUT2D eigenvalue weighted by Gasteiger charge is 2.00. The van der Waals surface area contributed by atoms with Gasteiger partial charge in [-0.25, -0.2) is 0 Å². The standard InChI is InChI=1S/C19H26N2/c1-15(2)18-9-5-16(6-10-18)13-20-19-11-7-17(8-12-19)14-21(3)4/h5-12,15,20H,13-14H2,1-4H3. The maximum absolute atomic E-state index is 3.48. The van der Waals surface area contributed by atoms with E-state index in [2.05, 4.69) is 86.7 Å². The minimum absolute atomic E-state index is 0.594. The Kier molecular flexibility index (Phi) is 5.40.